The van der Waals surface area contributed by atoms with E-state index in [0.29, 0.717) is 10.0 Å². The van der Waals surface area contributed by atoms with Gasteiger partial charge < -0.3 is 20.3 Å². The van der Waals surface area contributed by atoms with Crippen molar-refractivity contribution in [3.8, 4) is 11.5 Å². The molecule has 0 aliphatic carbocycles. The lowest BCUT2D eigenvalue weighted by Crippen LogP contribution is -2.19. The molecule has 0 saturated heterocycles. The maximum Gasteiger partial charge on any atom is 0.331 e. The van der Waals surface area contributed by atoms with Crippen LogP contribution in [0.3, 0.4) is 0 Å². The summed E-state index contributed by atoms with van der Waals surface area (Å²) in [5.41, 5.74) is 5.44. The number of halogens is 1. The van der Waals surface area contributed by atoms with Crippen LogP contribution in [0.25, 0.3) is 6.08 Å². The molecule has 0 atom stereocenters. The Labute approximate surface area is 117 Å². The molecule has 0 unspecified atom stereocenters. The number of carbonyl (C=O) groups excluding carboxylic acids is 2. The molecule has 1 aromatic carbocycles. The van der Waals surface area contributed by atoms with Crippen LogP contribution in [-0.4, -0.2) is 30.7 Å². The van der Waals surface area contributed by atoms with Gasteiger partial charge in [-0.05, 0) is 39.7 Å². The quantitative estimate of drug-likeness (QED) is 0.624. The Kier molecular flexibility index (Phi) is 5.37. The minimum atomic E-state index is -0.726. The van der Waals surface area contributed by atoms with Crippen molar-refractivity contribution in [3.05, 3.63) is 28.2 Å². The first-order valence-corrected chi connectivity index (χ1v) is 5.93. The van der Waals surface area contributed by atoms with Crippen LogP contribution in [0.1, 0.15) is 5.56 Å². The van der Waals surface area contributed by atoms with Gasteiger partial charge in [-0.1, -0.05) is 0 Å². The molecule has 1 aromatic rings. The first kappa shape index (κ1) is 15.0. The molecule has 0 aliphatic rings. The number of benzene rings is 1. The molecule has 6 nitrogen and oxygen atoms in total. The van der Waals surface area contributed by atoms with Crippen LogP contribution in [-0.2, 0) is 14.3 Å². The second kappa shape index (κ2) is 6.79. The zero-order chi connectivity index (χ0) is 14.4. The third kappa shape index (κ3) is 4.63. The third-order valence-corrected chi connectivity index (χ3v) is 2.64. The van der Waals surface area contributed by atoms with E-state index in [4.69, 9.17) is 10.5 Å². The van der Waals surface area contributed by atoms with Crippen molar-refractivity contribution in [1.29, 1.82) is 0 Å². The molecule has 0 heterocycles. The number of carbonyl (C=O) groups is 2. The van der Waals surface area contributed by atoms with Crippen LogP contribution in [0.15, 0.2) is 22.7 Å². The van der Waals surface area contributed by atoms with Crippen LogP contribution in [0.5, 0.6) is 11.5 Å². The predicted molar refractivity (Wildman–Crippen MR) is 71.5 cm³/mol. The number of esters is 1. The predicted octanol–water partition coefficient (Wildman–Crippen LogP) is 1.20. The largest absolute Gasteiger partial charge is 0.503 e. The number of ether oxygens (including phenoxy) is 2. The van der Waals surface area contributed by atoms with Crippen molar-refractivity contribution in [2.24, 2.45) is 5.73 Å². The molecule has 0 radical (unpaired) electrons. The normalized spacial score (nSPS) is 10.4. The third-order valence-electron chi connectivity index (χ3n) is 2.04. The van der Waals surface area contributed by atoms with Gasteiger partial charge in [0.1, 0.15) is 0 Å². The van der Waals surface area contributed by atoms with Gasteiger partial charge in [-0.15, -0.1) is 0 Å². The van der Waals surface area contributed by atoms with Crippen molar-refractivity contribution in [3.63, 3.8) is 0 Å². The molecule has 0 fully saturated rings. The Morgan fingerprint density at radius 2 is 2.16 bits per heavy atom. The summed E-state index contributed by atoms with van der Waals surface area (Å²) in [6, 6.07) is 3.13. The van der Waals surface area contributed by atoms with Gasteiger partial charge in [0.05, 0.1) is 11.6 Å². The molecule has 1 rings (SSSR count). The molecule has 0 bridgehead atoms. The van der Waals surface area contributed by atoms with E-state index >= 15 is 0 Å². The maximum atomic E-state index is 11.2. The van der Waals surface area contributed by atoms with Crippen LogP contribution in [0.4, 0.5) is 0 Å². The molecule has 1 amide bonds. The van der Waals surface area contributed by atoms with E-state index < -0.39 is 18.5 Å². The number of rotatable bonds is 5. The van der Waals surface area contributed by atoms with Crippen LogP contribution in [0, 0.1) is 0 Å². The number of amides is 1. The molecule has 0 aliphatic heterocycles. The van der Waals surface area contributed by atoms with Gasteiger partial charge in [-0.3, -0.25) is 4.79 Å². The summed E-state index contributed by atoms with van der Waals surface area (Å²) < 4.78 is 9.93. The van der Waals surface area contributed by atoms with Gasteiger partial charge in [0.25, 0.3) is 5.91 Å². The number of phenols is 1. The smallest absolute Gasteiger partial charge is 0.331 e. The lowest BCUT2D eigenvalue weighted by atomic mass is 10.2. The fourth-order valence-corrected chi connectivity index (χ4v) is 1.66. The van der Waals surface area contributed by atoms with Crippen molar-refractivity contribution in [2.75, 3.05) is 13.7 Å². The van der Waals surface area contributed by atoms with Crippen LogP contribution >= 0.6 is 15.9 Å². The summed E-state index contributed by atoms with van der Waals surface area (Å²) >= 11 is 3.15. The van der Waals surface area contributed by atoms with Crippen LogP contribution in [0.2, 0.25) is 0 Å². The number of nitrogens with two attached hydrogens (primary N) is 1. The Balaban J connectivity index is 2.79. The molecule has 0 saturated carbocycles. The van der Waals surface area contributed by atoms with Crippen molar-refractivity contribution < 1.29 is 24.2 Å². The zero-order valence-electron chi connectivity index (χ0n) is 10.1. The van der Waals surface area contributed by atoms with Gasteiger partial charge in [0.15, 0.2) is 18.1 Å². The van der Waals surface area contributed by atoms with E-state index in [9.17, 15) is 14.7 Å². The number of primary amides is 1. The van der Waals surface area contributed by atoms with Gasteiger partial charge in [-0.25, -0.2) is 4.79 Å². The Morgan fingerprint density at radius 3 is 2.74 bits per heavy atom. The van der Waals surface area contributed by atoms with Gasteiger partial charge in [0.2, 0.25) is 0 Å². The summed E-state index contributed by atoms with van der Waals surface area (Å²) in [4.78, 5) is 21.6. The maximum absolute atomic E-state index is 11.2. The molecule has 7 heteroatoms. The van der Waals surface area contributed by atoms with Crippen molar-refractivity contribution in [2.45, 2.75) is 0 Å². The molecule has 102 valence electrons. The molecule has 0 spiro atoms. The fourth-order valence-electron chi connectivity index (χ4n) is 1.20. The highest BCUT2D eigenvalue weighted by molar-refractivity contribution is 9.10. The zero-order valence-corrected chi connectivity index (χ0v) is 11.6. The van der Waals surface area contributed by atoms with E-state index in [2.05, 4.69) is 20.7 Å². The first-order valence-electron chi connectivity index (χ1n) is 5.13. The van der Waals surface area contributed by atoms with Crippen molar-refractivity contribution >= 4 is 33.9 Å². The minimum absolute atomic E-state index is 0.0315. The summed E-state index contributed by atoms with van der Waals surface area (Å²) in [5.74, 6) is -1.19. The number of methoxy groups -OCH3 is 1. The minimum Gasteiger partial charge on any atom is -0.503 e. The SMILES string of the molecule is COc1cc(/C=C/C(=O)OCC(N)=O)cc(Br)c1O. The number of hydrogen-bond donors (Lipinski definition) is 2. The average Bonchev–Trinajstić information content (AvgIpc) is 2.37. The van der Waals surface area contributed by atoms with E-state index in [1.807, 2.05) is 0 Å². The van der Waals surface area contributed by atoms with Gasteiger partial charge >= 0.3 is 5.97 Å². The molecule has 0 aromatic heterocycles. The molecule has 3 N–H and O–H groups in total. The Morgan fingerprint density at radius 1 is 1.47 bits per heavy atom. The van der Waals surface area contributed by atoms with Gasteiger partial charge in [0, 0.05) is 6.08 Å². The van der Waals surface area contributed by atoms with E-state index in [-0.39, 0.29) is 11.5 Å². The average molecular weight is 330 g/mol. The highest BCUT2D eigenvalue weighted by Gasteiger charge is 2.07. The molecular weight excluding hydrogens is 318 g/mol. The topological polar surface area (TPSA) is 98.9 Å². The second-order valence-electron chi connectivity index (χ2n) is 3.46. The lowest BCUT2D eigenvalue weighted by molar-refractivity contribution is -0.142. The number of phenolic OH excluding ortho intramolecular Hbond substituents is 1. The monoisotopic (exact) mass is 329 g/mol. The summed E-state index contributed by atoms with van der Waals surface area (Å²) in [5, 5.41) is 9.61. The summed E-state index contributed by atoms with van der Waals surface area (Å²) in [6.07, 6.45) is 2.59. The highest BCUT2D eigenvalue weighted by Crippen LogP contribution is 2.35. The fraction of sp³-hybridized carbons (Fsp3) is 0.167. The van der Waals surface area contributed by atoms with Crippen molar-refractivity contribution in [1.82, 2.24) is 0 Å². The van der Waals surface area contributed by atoms with Crippen LogP contribution < -0.4 is 10.5 Å². The first-order chi connectivity index (χ1) is 8.93. The number of hydrogen-bond acceptors (Lipinski definition) is 5. The number of aromatic hydroxyl groups is 1. The van der Waals surface area contributed by atoms with E-state index in [1.54, 1.807) is 6.07 Å². The van der Waals surface area contributed by atoms with Gasteiger partial charge in [-0.2, -0.15) is 0 Å². The van der Waals surface area contributed by atoms with E-state index in [1.165, 1.54) is 19.3 Å². The highest BCUT2D eigenvalue weighted by atomic mass is 79.9. The summed E-state index contributed by atoms with van der Waals surface area (Å²) in [7, 11) is 1.41. The molecule has 19 heavy (non-hydrogen) atoms. The lowest BCUT2D eigenvalue weighted by Gasteiger charge is -2.06. The Bertz CT molecular complexity index is 527. The Hall–Kier alpha value is -2.02. The summed E-state index contributed by atoms with van der Waals surface area (Å²) in [6.45, 7) is -0.467. The second-order valence-corrected chi connectivity index (χ2v) is 4.32. The standard InChI is InChI=1S/C12H12BrNO5/c1-18-9-5-7(4-8(13)12(9)17)2-3-11(16)19-6-10(14)15/h2-5,17H,6H2,1H3,(H2,14,15)/b3-2+. The van der Waals surface area contributed by atoms with E-state index in [0.717, 1.165) is 6.08 Å². The molecular formula is C12H12BrNO5.